The summed E-state index contributed by atoms with van der Waals surface area (Å²) in [5.41, 5.74) is 1.28. The van der Waals surface area contributed by atoms with Gasteiger partial charge in [-0.1, -0.05) is 55.5 Å². The molecule has 0 radical (unpaired) electrons. The number of hydrogen-bond acceptors (Lipinski definition) is 8. The van der Waals surface area contributed by atoms with Crippen molar-refractivity contribution in [2.75, 3.05) is 11.9 Å². The lowest BCUT2D eigenvalue weighted by molar-refractivity contribution is -0.125. The van der Waals surface area contributed by atoms with E-state index in [1.807, 2.05) is 0 Å². The maximum absolute atomic E-state index is 13.8. The number of fused-ring (bicyclic) bond motifs is 2. The summed E-state index contributed by atoms with van der Waals surface area (Å²) in [4.78, 5) is 53.8. The molecule has 0 saturated carbocycles. The first-order valence-corrected chi connectivity index (χ1v) is 13.9. The van der Waals surface area contributed by atoms with Crippen molar-refractivity contribution < 1.29 is 23.9 Å². The number of esters is 2. The van der Waals surface area contributed by atoms with Gasteiger partial charge in [-0.3, -0.25) is 9.59 Å². The van der Waals surface area contributed by atoms with Gasteiger partial charge in [0.1, 0.15) is 5.00 Å². The van der Waals surface area contributed by atoms with Gasteiger partial charge in [0.25, 0.3) is 11.5 Å². The number of nitrogens with one attached hydrogen (secondary N) is 1. The molecule has 0 spiro atoms. The average Bonchev–Trinajstić information content (AvgIpc) is 3.30. The summed E-state index contributed by atoms with van der Waals surface area (Å²) in [5.74, 6) is -1.50. The second kappa shape index (κ2) is 11.4. The first-order valence-electron chi connectivity index (χ1n) is 13.1. The molecule has 2 aromatic heterocycles. The van der Waals surface area contributed by atoms with Crippen LogP contribution in [0.1, 0.15) is 63.2 Å². The van der Waals surface area contributed by atoms with Crippen molar-refractivity contribution in [3.63, 3.8) is 0 Å². The predicted molar refractivity (Wildman–Crippen MR) is 152 cm³/mol. The first kappa shape index (κ1) is 27.3. The molecule has 40 heavy (non-hydrogen) atoms. The fourth-order valence-electron chi connectivity index (χ4n) is 4.95. The molecule has 1 amide bonds. The molecule has 5 rings (SSSR count). The van der Waals surface area contributed by atoms with Gasteiger partial charge in [0, 0.05) is 22.9 Å². The Balaban J connectivity index is 1.51. The molecule has 2 aromatic carbocycles. The lowest BCUT2D eigenvalue weighted by Gasteiger charge is -2.19. The topological polar surface area (TPSA) is 117 Å². The Labute approximate surface area is 234 Å². The largest absolute Gasteiger partial charge is 0.462 e. The van der Waals surface area contributed by atoms with E-state index >= 15 is 0 Å². The molecule has 0 saturated heterocycles. The van der Waals surface area contributed by atoms with E-state index in [0.717, 1.165) is 34.4 Å². The van der Waals surface area contributed by atoms with Crippen molar-refractivity contribution in [2.45, 2.75) is 39.2 Å². The van der Waals surface area contributed by atoms with E-state index < -0.39 is 23.9 Å². The fourth-order valence-corrected chi connectivity index (χ4v) is 6.35. The number of carbonyl (C=O) groups is 3. The van der Waals surface area contributed by atoms with Gasteiger partial charge in [0.15, 0.2) is 5.69 Å². The summed E-state index contributed by atoms with van der Waals surface area (Å²) in [6, 6.07) is 15.2. The molecule has 10 heteroatoms. The molecule has 1 aliphatic carbocycles. The van der Waals surface area contributed by atoms with Gasteiger partial charge in [-0.25, -0.2) is 14.3 Å². The number of rotatable bonds is 7. The summed E-state index contributed by atoms with van der Waals surface area (Å²) in [6.07, 6.45) is 1.12. The quantitative estimate of drug-likeness (QED) is 0.322. The molecular weight excluding hydrogens is 530 g/mol. The van der Waals surface area contributed by atoms with Crippen LogP contribution in [-0.2, 0) is 34.2 Å². The maximum Gasteiger partial charge on any atom is 0.360 e. The van der Waals surface area contributed by atoms with E-state index in [1.54, 1.807) is 61.5 Å². The minimum Gasteiger partial charge on any atom is -0.462 e. The molecule has 0 unspecified atom stereocenters. The second-order valence-corrected chi connectivity index (χ2v) is 10.9. The fraction of sp³-hybridized carbons (Fsp3) is 0.300. The molecule has 9 nitrogen and oxygen atoms in total. The lowest BCUT2D eigenvalue weighted by atomic mass is 9.88. The molecule has 206 valence electrons. The van der Waals surface area contributed by atoms with Crippen LogP contribution in [0.15, 0.2) is 59.4 Å². The van der Waals surface area contributed by atoms with Crippen molar-refractivity contribution in [2.24, 2.45) is 13.0 Å². The van der Waals surface area contributed by atoms with Gasteiger partial charge in [-0.15, -0.1) is 11.3 Å². The van der Waals surface area contributed by atoms with Crippen LogP contribution in [0.3, 0.4) is 0 Å². The molecule has 1 N–H and O–H groups in total. The Morgan fingerprint density at radius 2 is 1.77 bits per heavy atom. The first-order chi connectivity index (χ1) is 19.3. The van der Waals surface area contributed by atoms with Crippen molar-refractivity contribution in [1.29, 1.82) is 0 Å². The van der Waals surface area contributed by atoms with Crippen LogP contribution in [0.4, 0.5) is 5.00 Å². The molecular formula is C30H29N3O6S. The minimum atomic E-state index is -1.35. The maximum atomic E-state index is 13.8. The van der Waals surface area contributed by atoms with E-state index in [2.05, 4.69) is 17.3 Å². The highest BCUT2D eigenvalue weighted by Crippen LogP contribution is 2.40. The summed E-state index contributed by atoms with van der Waals surface area (Å²) >= 11 is 1.36. The van der Waals surface area contributed by atoms with Crippen molar-refractivity contribution in [3.05, 3.63) is 92.2 Å². The zero-order chi connectivity index (χ0) is 28.4. The van der Waals surface area contributed by atoms with Crippen molar-refractivity contribution in [3.8, 4) is 0 Å². The zero-order valence-electron chi connectivity index (χ0n) is 22.4. The van der Waals surface area contributed by atoms with Gasteiger partial charge in [-0.2, -0.15) is 5.10 Å². The molecule has 1 aliphatic rings. The van der Waals surface area contributed by atoms with Gasteiger partial charge < -0.3 is 14.8 Å². The highest BCUT2D eigenvalue weighted by molar-refractivity contribution is 7.17. The smallest absolute Gasteiger partial charge is 0.360 e. The van der Waals surface area contributed by atoms with Gasteiger partial charge in [0.2, 0.25) is 6.10 Å². The van der Waals surface area contributed by atoms with Gasteiger partial charge in [-0.05, 0) is 43.7 Å². The lowest BCUT2D eigenvalue weighted by Crippen LogP contribution is -2.28. The molecule has 2 atom stereocenters. The Morgan fingerprint density at radius 1 is 1.07 bits per heavy atom. The van der Waals surface area contributed by atoms with Crippen LogP contribution < -0.4 is 10.9 Å². The second-order valence-electron chi connectivity index (χ2n) is 9.78. The highest BCUT2D eigenvalue weighted by Gasteiger charge is 2.33. The number of anilines is 1. The predicted octanol–water partition coefficient (Wildman–Crippen LogP) is 4.83. The number of aromatic nitrogens is 2. The van der Waals surface area contributed by atoms with Crippen LogP contribution in [0.5, 0.6) is 0 Å². The number of ether oxygens (including phenoxy) is 2. The minimum absolute atomic E-state index is 0.0841. The number of benzene rings is 2. The molecule has 0 fully saturated rings. The zero-order valence-corrected chi connectivity index (χ0v) is 23.2. The number of thiophene rings is 1. The average molecular weight is 560 g/mol. The Morgan fingerprint density at radius 3 is 2.50 bits per heavy atom. The van der Waals surface area contributed by atoms with E-state index in [-0.39, 0.29) is 17.9 Å². The van der Waals surface area contributed by atoms with Crippen LogP contribution in [0.25, 0.3) is 10.8 Å². The summed E-state index contributed by atoms with van der Waals surface area (Å²) in [6.45, 7) is 4.10. The Hall–Kier alpha value is -4.31. The van der Waals surface area contributed by atoms with Gasteiger partial charge >= 0.3 is 11.9 Å². The summed E-state index contributed by atoms with van der Waals surface area (Å²) < 4.78 is 12.2. The number of aryl methyl sites for hydroxylation is 1. The SMILES string of the molecule is CCOC(=O)c1c(NC(=O)[C@@H](OC(=O)c2nn(C)c(=O)c3ccccc23)c2ccccc2)sc2c1CC[C@@H](C)C2. The van der Waals surface area contributed by atoms with E-state index in [0.29, 0.717) is 32.8 Å². The number of carbonyl (C=O) groups excluding carboxylic acids is 3. The highest BCUT2D eigenvalue weighted by atomic mass is 32.1. The van der Waals surface area contributed by atoms with Crippen LogP contribution in [0, 0.1) is 5.92 Å². The molecule has 4 aromatic rings. The number of hydrogen-bond donors (Lipinski definition) is 1. The van der Waals surface area contributed by atoms with E-state index in [9.17, 15) is 19.2 Å². The summed E-state index contributed by atoms with van der Waals surface area (Å²) in [7, 11) is 1.45. The van der Waals surface area contributed by atoms with E-state index in [4.69, 9.17) is 9.47 Å². The Kier molecular flexibility index (Phi) is 7.79. The normalized spacial score (nSPS) is 15.2. The van der Waals surface area contributed by atoms with Crippen LogP contribution >= 0.6 is 11.3 Å². The van der Waals surface area contributed by atoms with Crippen molar-refractivity contribution in [1.82, 2.24) is 9.78 Å². The Bertz CT molecular complexity index is 1660. The number of nitrogens with zero attached hydrogens (tertiary/aromatic N) is 2. The van der Waals surface area contributed by atoms with Crippen LogP contribution in [0.2, 0.25) is 0 Å². The number of amides is 1. The van der Waals surface area contributed by atoms with Crippen molar-refractivity contribution >= 4 is 45.0 Å². The van der Waals surface area contributed by atoms with Gasteiger partial charge in [0.05, 0.1) is 17.6 Å². The third-order valence-corrected chi connectivity index (χ3v) is 8.11. The molecule has 0 aliphatic heterocycles. The monoisotopic (exact) mass is 559 g/mol. The third-order valence-electron chi connectivity index (χ3n) is 6.94. The summed E-state index contributed by atoms with van der Waals surface area (Å²) in [5, 5.41) is 8.02. The molecule has 2 heterocycles. The van der Waals surface area contributed by atoms with Crippen LogP contribution in [-0.4, -0.2) is 34.2 Å². The standard InChI is InChI=1S/C30H29N3O6S/c1-4-38-29(36)23-21-15-14-17(2)16-22(21)40-27(23)31-26(34)25(18-10-6-5-7-11-18)39-30(37)24-19-12-8-9-13-20(19)28(35)33(3)32-24/h5-13,17,25H,4,14-16H2,1-3H3,(H,31,34)/t17-,25+/m1/s1. The van der Waals surface area contributed by atoms with E-state index in [1.165, 1.54) is 18.4 Å². The molecule has 0 bridgehead atoms. The third kappa shape index (κ3) is 5.27.